The van der Waals surface area contributed by atoms with Gasteiger partial charge in [0.2, 0.25) is 0 Å². The minimum atomic E-state index is 0.538. The van der Waals surface area contributed by atoms with Gasteiger partial charge in [-0.1, -0.05) is 13.8 Å². The Morgan fingerprint density at radius 1 is 0.938 bits per heavy atom. The van der Waals surface area contributed by atoms with E-state index in [-0.39, 0.29) is 0 Å². The maximum Gasteiger partial charge on any atom is 0.0733 e. The average Bonchev–Trinajstić information content (AvgIpc) is 2.84. The molecular formula is C14H25NO. The summed E-state index contributed by atoms with van der Waals surface area (Å²) in [5.74, 6) is 1.78. The van der Waals surface area contributed by atoms with Crippen molar-refractivity contribution in [2.45, 2.75) is 76.7 Å². The van der Waals surface area contributed by atoms with Crippen LogP contribution in [0.1, 0.15) is 52.4 Å². The van der Waals surface area contributed by atoms with Crippen molar-refractivity contribution in [3.8, 4) is 0 Å². The van der Waals surface area contributed by atoms with Crippen LogP contribution >= 0.6 is 0 Å². The van der Waals surface area contributed by atoms with Crippen molar-refractivity contribution in [3.05, 3.63) is 0 Å². The molecule has 92 valence electrons. The van der Waals surface area contributed by atoms with Gasteiger partial charge in [-0.15, -0.1) is 0 Å². The highest BCUT2D eigenvalue weighted by Gasteiger charge is 2.42. The highest BCUT2D eigenvalue weighted by atomic mass is 16.5. The molecule has 2 nitrogen and oxygen atoms in total. The quantitative estimate of drug-likeness (QED) is 0.777. The van der Waals surface area contributed by atoms with E-state index < -0.39 is 0 Å². The fraction of sp³-hybridized carbons (Fsp3) is 1.00. The van der Waals surface area contributed by atoms with Crippen LogP contribution in [0.3, 0.4) is 0 Å². The molecule has 3 rings (SSSR count). The standard InChI is InChI=1S/C14H25NO/c1-9-3-5-12(10(2)7-9)15-13-8-11-4-6-14(13)16-11/h9-15H,3-8H2,1-2H3. The van der Waals surface area contributed by atoms with E-state index in [1.54, 1.807) is 0 Å². The zero-order valence-electron chi connectivity index (χ0n) is 10.6. The third-order valence-corrected chi connectivity index (χ3v) is 4.97. The summed E-state index contributed by atoms with van der Waals surface area (Å²) in [5, 5.41) is 3.89. The maximum absolute atomic E-state index is 5.92. The van der Waals surface area contributed by atoms with Crippen molar-refractivity contribution in [2.24, 2.45) is 11.8 Å². The second kappa shape index (κ2) is 4.30. The lowest BCUT2D eigenvalue weighted by molar-refractivity contribution is 0.0923. The molecule has 2 heteroatoms. The highest BCUT2D eigenvalue weighted by Crippen LogP contribution is 2.36. The molecule has 0 radical (unpaired) electrons. The largest absolute Gasteiger partial charge is 0.373 e. The number of fused-ring (bicyclic) bond motifs is 2. The lowest BCUT2D eigenvalue weighted by Gasteiger charge is -2.36. The Kier molecular flexibility index (Phi) is 2.97. The van der Waals surface area contributed by atoms with Crippen molar-refractivity contribution in [1.82, 2.24) is 5.32 Å². The molecule has 3 aliphatic rings. The Labute approximate surface area is 99.1 Å². The first kappa shape index (κ1) is 11.0. The predicted molar refractivity (Wildman–Crippen MR) is 65.4 cm³/mol. The van der Waals surface area contributed by atoms with Crippen LogP contribution in [0, 0.1) is 11.8 Å². The second-order valence-electron chi connectivity index (χ2n) is 6.38. The topological polar surface area (TPSA) is 21.3 Å². The molecule has 1 saturated carbocycles. The van der Waals surface area contributed by atoms with Crippen LogP contribution in [0.2, 0.25) is 0 Å². The first-order valence-corrected chi connectivity index (χ1v) is 7.14. The first-order chi connectivity index (χ1) is 7.72. The second-order valence-corrected chi connectivity index (χ2v) is 6.38. The van der Waals surface area contributed by atoms with Gasteiger partial charge in [-0.2, -0.15) is 0 Å². The van der Waals surface area contributed by atoms with Gasteiger partial charge in [0.05, 0.1) is 12.2 Å². The molecule has 2 heterocycles. The molecule has 0 spiro atoms. The fourth-order valence-corrected chi connectivity index (χ4v) is 4.00. The van der Waals surface area contributed by atoms with Gasteiger partial charge in [0.25, 0.3) is 0 Å². The highest BCUT2D eigenvalue weighted by molar-refractivity contribution is 4.96. The summed E-state index contributed by atoms with van der Waals surface area (Å²) in [6, 6.07) is 1.42. The van der Waals surface area contributed by atoms with Gasteiger partial charge in [-0.3, -0.25) is 0 Å². The number of rotatable bonds is 2. The van der Waals surface area contributed by atoms with Crippen LogP contribution in [0.5, 0.6) is 0 Å². The number of nitrogens with one attached hydrogen (secondary N) is 1. The van der Waals surface area contributed by atoms with Crippen molar-refractivity contribution in [2.75, 3.05) is 0 Å². The van der Waals surface area contributed by atoms with E-state index in [9.17, 15) is 0 Å². The molecule has 1 aliphatic carbocycles. The smallest absolute Gasteiger partial charge is 0.0733 e. The number of ether oxygens (including phenoxy) is 1. The van der Waals surface area contributed by atoms with E-state index in [0.29, 0.717) is 18.2 Å². The number of hydrogen-bond acceptors (Lipinski definition) is 2. The summed E-state index contributed by atoms with van der Waals surface area (Å²) in [7, 11) is 0. The van der Waals surface area contributed by atoms with Gasteiger partial charge in [-0.05, 0) is 50.4 Å². The van der Waals surface area contributed by atoms with Crippen LogP contribution in [0.4, 0.5) is 0 Å². The molecule has 1 N–H and O–H groups in total. The summed E-state index contributed by atoms with van der Waals surface area (Å²) < 4.78 is 5.92. The minimum Gasteiger partial charge on any atom is -0.373 e. The molecule has 2 bridgehead atoms. The van der Waals surface area contributed by atoms with Gasteiger partial charge in [0.1, 0.15) is 0 Å². The summed E-state index contributed by atoms with van der Waals surface area (Å²) in [5.41, 5.74) is 0. The van der Waals surface area contributed by atoms with Crippen LogP contribution in [-0.2, 0) is 4.74 Å². The fourth-order valence-electron chi connectivity index (χ4n) is 4.00. The molecule has 16 heavy (non-hydrogen) atoms. The zero-order chi connectivity index (χ0) is 11.1. The van der Waals surface area contributed by atoms with E-state index in [2.05, 4.69) is 19.2 Å². The van der Waals surface area contributed by atoms with E-state index in [1.165, 1.54) is 38.5 Å². The summed E-state index contributed by atoms with van der Waals surface area (Å²) >= 11 is 0. The van der Waals surface area contributed by atoms with Crippen LogP contribution in [-0.4, -0.2) is 24.3 Å². The van der Waals surface area contributed by atoms with Crippen LogP contribution in [0.25, 0.3) is 0 Å². The third kappa shape index (κ3) is 2.02. The number of hydrogen-bond donors (Lipinski definition) is 1. The lowest BCUT2D eigenvalue weighted by Crippen LogP contribution is -2.48. The Morgan fingerprint density at radius 2 is 1.81 bits per heavy atom. The molecule has 2 aliphatic heterocycles. The molecule has 0 aromatic heterocycles. The van der Waals surface area contributed by atoms with Gasteiger partial charge in [0, 0.05) is 12.1 Å². The molecule has 0 amide bonds. The average molecular weight is 223 g/mol. The normalized spacial score (nSPS) is 52.1. The molecule has 0 aromatic rings. The zero-order valence-corrected chi connectivity index (χ0v) is 10.6. The Morgan fingerprint density at radius 3 is 2.44 bits per heavy atom. The van der Waals surface area contributed by atoms with E-state index >= 15 is 0 Å². The molecule has 6 unspecified atom stereocenters. The third-order valence-electron chi connectivity index (χ3n) is 4.97. The van der Waals surface area contributed by atoms with Crippen molar-refractivity contribution < 1.29 is 4.74 Å². The van der Waals surface area contributed by atoms with Gasteiger partial charge in [0.15, 0.2) is 0 Å². The SMILES string of the molecule is CC1CCC(NC2CC3CCC2O3)C(C)C1. The lowest BCUT2D eigenvalue weighted by atomic mass is 9.79. The Hall–Kier alpha value is -0.0800. The maximum atomic E-state index is 5.92. The van der Waals surface area contributed by atoms with Crippen LogP contribution < -0.4 is 5.32 Å². The minimum absolute atomic E-state index is 0.538. The van der Waals surface area contributed by atoms with Crippen LogP contribution in [0.15, 0.2) is 0 Å². The van der Waals surface area contributed by atoms with E-state index in [0.717, 1.165) is 17.9 Å². The predicted octanol–water partition coefficient (Wildman–Crippen LogP) is 2.72. The molecule has 6 atom stereocenters. The molecule has 0 aromatic carbocycles. The summed E-state index contributed by atoms with van der Waals surface area (Å²) in [6.07, 6.45) is 9.17. The molecule has 3 fully saturated rings. The van der Waals surface area contributed by atoms with Gasteiger partial charge >= 0.3 is 0 Å². The van der Waals surface area contributed by atoms with Gasteiger partial charge < -0.3 is 10.1 Å². The summed E-state index contributed by atoms with van der Waals surface area (Å²) in [6.45, 7) is 4.81. The van der Waals surface area contributed by atoms with Crippen molar-refractivity contribution in [1.29, 1.82) is 0 Å². The Balaban J connectivity index is 1.55. The van der Waals surface area contributed by atoms with E-state index in [4.69, 9.17) is 4.74 Å². The molecular weight excluding hydrogens is 198 g/mol. The Bertz CT molecular complexity index is 255. The van der Waals surface area contributed by atoms with E-state index in [1.807, 2.05) is 0 Å². The monoisotopic (exact) mass is 223 g/mol. The van der Waals surface area contributed by atoms with Gasteiger partial charge in [-0.25, -0.2) is 0 Å². The van der Waals surface area contributed by atoms with Crippen molar-refractivity contribution >= 4 is 0 Å². The first-order valence-electron chi connectivity index (χ1n) is 7.14. The molecule has 2 saturated heterocycles. The summed E-state index contributed by atoms with van der Waals surface area (Å²) in [4.78, 5) is 0. The van der Waals surface area contributed by atoms with Crippen molar-refractivity contribution in [3.63, 3.8) is 0 Å².